The van der Waals surface area contributed by atoms with Crippen LogP contribution < -0.4 is 5.32 Å². The van der Waals surface area contributed by atoms with Gasteiger partial charge in [0.2, 0.25) is 5.91 Å². The van der Waals surface area contributed by atoms with E-state index in [1.807, 2.05) is 4.90 Å². The largest absolute Gasteiger partial charge is 0.340 e. The highest BCUT2D eigenvalue weighted by Crippen LogP contribution is 2.28. The number of nitrogens with one attached hydrogen (secondary N) is 1. The summed E-state index contributed by atoms with van der Waals surface area (Å²) in [7, 11) is 0. The van der Waals surface area contributed by atoms with E-state index in [1.165, 1.54) is 12.8 Å². The van der Waals surface area contributed by atoms with Crippen LogP contribution in [-0.4, -0.2) is 61.5 Å². The highest BCUT2D eigenvalue weighted by atomic mass is 16.2. The summed E-state index contributed by atoms with van der Waals surface area (Å²) in [5.41, 5.74) is 0.374. The fourth-order valence-electron chi connectivity index (χ4n) is 3.07. The molecule has 104 valence electrons. The molecule has 0 aromatic rings. The third-order valence-electron chi connectivity index (χ3n) is 4.03. The molecule has 0 radical (unpaired) electrons. The second kappa shape index (κ2) is 6.02. The van der Waals surface area contributed by atoms with Gasteiger partial charge in [-0.1, -0.05) is 13.8 Å². The molecule has 0 bridgehead atoms. The minimum absolute atomic E-state index is 0.316. The molecule has 1 N–H and O–H groups in total. The molecule has 2 saturated heterocycles. The molecule has 4 heteroatoms. The maximum atomic E-state index is 12.3. The first-order valence-corrected chi connectivity index (χ1v) is 7.28. The third-order valence-corrected chi connectivity index (χ3v) is 4.03. The number of carbonyl (C=O) groups is 1. The lowest BCUT2D eigenvalue weighted by atomic mass is 9.84. The van der Waals surface area contributed by atoms with Gasteiger partial charge in [0.15, 0.2) is 0 Å². The quantitative estimate of drug-likeness (QED) is 0.795. The van der Waals surface area contributed by atoms with Crippen LogP contribution in [0.25, 0.3) is 0 Å². The molecule has 4 nitrogen and oxygen atoms in total. The molecule has 0 aromatic carbocycles. The van der Waals surface area contributed by atoms with E-state index >= 15 is 0 Å². The Morgan fingerprint density at radius 3 is 2.78 bits per heavy atom. The molecule has 2 rings (SSSR count). The number of hydrogen-bond acceptors (Lipinski definition) is 3. The summed E-state index contributed by atoms with van der Waals surface area (Å²) in [4.78, 5) is 16.7. The minimum Gasteiger partial charge on any atom is -0.340 e. The van der Waals surface area contributed by atoms with Gasteiger partial charge in [-0.25, -0.2) is 0 Å². The van der Waals surface area contributed by atoms with Crippen molar-refractivity contribution in [3.05, 3.63) is 0 Å². The van der Waals surface area contributed by atoms with Gasteiger partial charge < -0.3 is 10.2 Å². The van der Waals surface area contributed by atoms with Crippen LogP contribution in [0.2, 0.25) is 0 Å². The van der Waals surface area contributed by atoms with Gasteiger partial charge in [-0.2, -0.15) is 0 Å². The highest BCUT2D eigenvalue weighted by Gasteiger charge is 2.28. The molecular weight excluding hydrogens is 226 g/mol. The topological polar surface area (TPSA) is 35.6 Å². The first kappa shape index (κ1) is 13.8. The Hall–Kier alpha value is -0.610. The normalized spacial score (nSPS) is 25.8. The molecule has 2 fully saturated rings. The zero-order valence-corrected chi connectivity index (χ0v) is 11.9. The number of piperidine rings is 1. The van der Waals surface area contributed by atoms with Crippen LogP contribution in [0, 0.1) is 5.41 Å². The molecule has 2 aliphatic rings. The number of nitrogens with zero attached hydrogens (tertiary/aromatic N) is 2. The lowest BCUT2D eigenvalue weighted by Crippen LogP contribution is -2.47. The second-order valence-electron chi connectivity index (χ2n) is 6.46. The summed E-state index contributed by atoms with van der Waals surface area (Å²) in [5, 5.41) is 3.34. The molecule has 0 unspecified atom stereocenters. The third kappa shape index (κ3) is 3.95. The van der Waals surface area contributed by atoms with Crippen LogP contribution in [-0.2, 0) is 4.79 Å². The lowest BCUT2D eigenvalue weighted by molar-refractivity contribution is -0.132. The summed E-state index contributed by atoms with van der Waals surface area (Å²) >= 11 is 0. The predicted octanol–water partition coefficient (Wildman–Crippen LogP) is 0.930. The fourth-order valence-corrected chi connectivity index (χ4v) is 3.07. The highest BCUT2D eigenvalue weighted by molar-refractivity contribution is 5.78. The zero-order chi connectivity index (χ0) is 13.0. The molecule has 2 aliphatic heterocycles. The Balaban J connectivity index is 1.82. The summed E-state index contributed by atoms with van der Waals surface area (Å²) in [6.07, 6.45) is 3.59. The molecule has 0 aliphatic carbocycles. The van der Waals surface area contributed by atoms with E-state index in [-0.39, 0.29) is 0 Å². The van der Waals surface area contributed by atoms with Crippen LogP contribution in [0.1, 0.15) is 33.1 Å². The average molecular weight is 253 g/mol. The van der Waals surface area contributed by atoms with Gasteiger partial charge in [-0.05, 0) is 37.8 Å². The van der Waals surface area contributed by atoms with Crippen molar-refractivity contribution in [3.63, 3.8) is 0 Å². The van der Waals surface area contributed by atoms with Gasteiger partial charge in [0.05, 0.1) is 6.54 Å². The van der Waals surface area contributed by atoms with Crippen LogP contribution in [0.15, 0.2) is 0 Å². The van der Waals surface area contributed by atoms with Gasteiger partial charge in [0, 0.05) is 26.2 Å². The van der Waals surface area contributed by atoms with E-state index in [9.17, 15) is 4.79 Å². The molecule has 0 atom stereocenters. The van der Waals surface area contributed by atoms with E-state index in [1.54, 1.807) is 0 Å². The van der Waals surface area contributed by atoms with Gasteiger partial charge in [-0.3, -0.25) is 9.69 Å². The van der Waals surface area contributed by atoms with Gasteiger partial charge in [0.1, 0.15) is 0 Å². The smallest absolute Gasteiger partial charge is 0.236 e. The number of amides is 1. The number of likely N-dealkylation sites (tertiary alicyclic amines) is 1. The van der Waals surface area contributed by atoms with Crippen LogP contribution in [0.5, 0.6) is 0 Å². The Morgan fingerprint density at radius 1 is 1.17 bits per heavy atom. The number of rotatable bonds is 2. The fraction of sp³-hybridized carbons (Fsp3) is 0.929. The summed E-state index contributed by atoms with van der Waals surface area (Å²) in [6.45, 7) is 11.1. The Labute approximate surface area is 111 Å². The van der Waals surface area contributed by atoms with Gasteiger partial charge >= 0.3 is 0 Å². The Morgan fingerprint density at radius 2 is 2.00 bits per heavy atom. The summed E-state index contributed by atoms with van der Waals surface area (Å²) in [6, 6.07) is 0. The van der Waals surface area contributed by atoms with Crippen LogP contribution >= 0.6 is 0 Å². The Kier molecular flexibility index (Phi) is 4.62. The second-order valence-corrected chi connectivity index (χ2v) is 6.46. The van der Waals surface area contributed by atoms with Crippen molar-refractivity contribution in [1.82, 2.24) is 15.1 Å². The Bertz CT molecular complexity index is 283. The molecule has 0 spiro atoms. The van der Waals surface area contributed by atoms with E-state index in [4.69, 9.17) is 0 Å². The van der Waals surface area contributed by atoms with Crippen LogP contribution in [0.4, 0.5) is 0 Å². The molecule has 18 heavy (non-hydrogen) atoms. The van der Waals surface area contributed by atoms with Crippen molar-refractivity contribution in [3.8, 4) is 0 Å². The van der Waals surface area contributed by atoms with E-state index in [2.05, 4.69) is 24.1 Å². The zero-order valence-electron chi connectivity index (χ0n) is 11.9. The predicted molar refractivity (Wildman–Crippen MR) is 73.5 cm³/mol. The first-order chi connectivity index (χ1) is 8.57. The van der Waals surface area contributed by atoms with Crippen molar-refractivity contribution < 1.29 is 4.79 Å². The SMILES string of the molecule is CC1(C)CCCN(CC(=O)N2CCCNCC2)C1. The lowest BCUT2D eigenvalue weighted by Gasteiger charge is -2.38. The molecule has 0 saturated carbocycles. The van der Waals surface area contributed by atoms with Crippen molar-refractivity contribution in [2.24, 2.45) is 5.41 Å². The van der Waals surface area contributed by atoms with E-state index in [0.717, 1.165) is 45.7 Å². The minimum atomic E-state index is 0.316. The van der Waals surface area contributed by atoms with Crippen molar-refractivity contribution in [1.29, 1.82) is 0 Å². The van der Waals surface area contributed by atoms with Gasteiger partial charge in [0.25, 0.3) is 0 Å². The summed E-state index contributed by atoms with van der Waals surface area (Å²) < 4.78 is 0. The molecule has 0 aromatic heterocycles. The van der Waals surface area contributed by atoms with E-state index in [0.29, 0.717) is 17.9 Å². The van der Waals surface area contributed by atoms with E-state index < -0.39 is 0 Å². The van der Waals surface area contributed by atoms with Crippen molar-refractivity contribution >= 4 is 5.91 Å². The van der Waals surface area contributed by atoms with Crippen LogP contribution in [0.3, 0.4) is 0 Å². The summed E-state index contributed by atoms with van der Waals surface area (Å²) in [5.74, 6) is 0.316. The number of hydrogen-bond donors (Lipinski definition) is 1. The number of carbonyl (C=O) groups excluding carboxylic acids is 1. The standard InChI is InChI=1S/C14H27N3O/c1-14(2)5-3-8-16(12-14)11-13(18)17-9-4-6-15-7-10-17/h15H,3-12H2,1-2H3. The first-order valence-electron chi connectivity index (χ1n) is 7.28. The van der Waals surface area contributed by atoms with Crippen molar-refractivity contribution in [2.75, 3.05) is 45.8 Å². The molecule has 2 heterocycles. The maximum absolute atomic E-state index is 12.3. The van der Waals surface area contributed by atoms with Crippen molar-refractivity contribution in [2.45, 2.75) is 33.1 Å². The van der Waals surface area contributed by atoms with Gasteiger partial charge in [-0.15, -0.1) is 0 Å². The molecular formula is C14H27N3O. The monoisotopic (exact) mass is 253 g/mol. The average Bonchev–Trinajstić information content (AvgIpc) is 2.55. The molecule has 1 amide bonds. The maximum Gasteiger partial charge on any atom is 0.236 e.